The normalized spacial score (nSPS) is 11.2. The van der Waals surface area contributed by atoms with Crippen molar-refractivity contribution in [1.82, 2.24) is 15.1 Å². The Labute approximate surface area is 165 Å². The molecule has 2 aromatic carbocycles. The summed E-state index contributed by atoms with van der Waals surface area (Å²) in [6, 6.07) is 17.1. The van der Waals surface area contributed by atoms with E-state index in [-0.39, 0.29) is 5.41 Å². The second-order valence-corrected chi connectivity index (χ2v) is 7.78. The van der Waals surface area contributed by atoms with Crippen LogP contribution in [-0.4, -0.2) is 28.0 Å². The van der Waals surface area contributed by atoms with Crippen LogP contribution < -0.4 is 5.32 Å². The lowest BCUT2D eigenvalue weighted by Gasteiger charge is -2.18. The van der Waals surface area contributed by atoms with Crippen LogP contribution in [-0.2, 0) is 16.6 Å². The Morgan fingerprint density at radius 2 is 1.68 bits per heavy atom. The monoisotopic (exact) mass is 375 g/mol. The number of Topliss-reactive ketones (excluding diaryl/α,β-unsaturated/α-hetero) is 1. The molecule has 0 aliphatic heterocycles. The molecule has 5 nitrogen and oxygen atoms in total. The van der Waals surface area contributed by atoms with Crippen LogP contribution in [0.5, 0.6) is 0 Å². The topological polar surface area (TPSA) is 64.0 Å². The molecule has 0 saturated carbocycles. The fourth-order valence-corrected chi connectivity index (χ4v) is 2.89. The van der Waals surface area contributed by atoms with Crippen LogP contribution in [0, 0.1) is 0 Å². The number of carbonyl (C=O) groups is 2. The van der Waals surface area contributed by atoms with E-state index in [9.17, 15) is 9.59 Å². The predicted octanol–water partition coefficient (Wildman–Crippen LogP) is 3.71. The van der Waals surface area contributed by atoms with Gasteiger partial charge in [-0.2, -0.15) is 5.10 Å². The first-order chi connectivity index (χ1) is 13.3. The molecule has 1 aromatic heterocycles. The predicted molar refractivity (Wildman–Crippen MR) is 110 cm³/mol. The molecule has 0 aliphatic carbocycles. The first kappa shape index (κ1) is 19.5. The van der Waals surface area contributed by atoms with E-state index in [0.29, 0.717) is 18.5 Å². The summed E-state index contributed by atoms with van der Waals surface area (Å²) in [5.41, 5.74) is 3.61. The van der Waals surface area contributed by atoms with E-state index in [1.165, 1.54) is 0 Å². The molecule has 0 unspecified atom stereocenters. The second kappa shape index (κ2) is 8.21. The van der Waals surface area contributed by atoms with Crippen LogP contribution in [0.1, 0.15) is 42.3 Å². The van der Waals surface area contributed by atoms with Gasteiger partial charge in [-0.1, -0.05) is 57.2 Å². The van der Waals surface area contributed by atoms with Gasteiger partial charge >= 0.3 is 0 Å². The third-order valence-corrected chi connectivity index (χ3v) is 4.62. The summed E-state index contributed by atoms with van der Waals surface area (Å²) in [6.45, 7) is 6.74. The van der Waals surface area contributed by atoms with Crippen molar-refractivity contribution >= 4 is 11.7 Å². The molecule has 1 heterocycles. The minimum Gasteiger partial charge on any atom is -0.349 e. The number of hydrogen-bond acceptors (Lipinski definition) is 3. The van der Waals surface area contributed by atoms with E-state index in [0.717, 1.165) is 16.8 Å². The molecule has 5 heteroatoms. The molecule has 0 fully saturated rings. The Bertz CT molecular complexity index is 935. The van der Waals surface area contributed by atoms with Gasteiger partial charge in [0.1, 0.15) is 0 Å². The molecule has 0 atom stereocenters. The van der Waals surface area contributed by atoms with E-state index in [2.05, 4.69) is 31.2 Å². The average Bonchev–Trinajstić information content (AvgIpc) is 3.22. The van der Waals surface area contributed by atoms with Crippen LogP contribution in [0.3, 0.4) is 0 Å². The van der Waals surface area contributed by atoms with Crippen molar-refractivity contribution in [3.63, 3.8) is 0 Å². The smallest absolute Gasteiger partial charge is 0.292 e. The SMILES string of the molecule is CC(C)(C)c1ccc(C(=O)C(=O)NCCc2ccc(-n3cccn3)cc2)cc1. The number of amides is 1. The summed E-state index contributed by atoms with van der Waals surface area (Å²) in [5, 5.41) is 6.90. The second-order valence-electron chi connectivity index (χ2n) is 7.78. The molecule has 28 heavy (non-hydrogen) atoms. The summed E-state index contributed by atoms with van der Waals surface area (Å²) in [7, 11) is 0. The van der Waals surface area contributed by atoms with Crippen molar-refractivity contribution in [2.75, 3.05) is 6.54 Å². The van der Waals surface area contributed by atoms with Gasteiger partial charge in [-0.3, -0.25) is 9.59 Å². The Morgan fingerprint density at radius 1 is 1.00 bits per heavy atom. The fourth-order valence-electron chi connectivity index (χ4n) is 2.89. The van der Waals surface area contributed by atoms with Crippen molar-refractivity contribution in [2.24, 2.45) is 0 Å². The van der Waals surface area contributed by atoms with Crippen LogP contribution in [0.25, 0.3) is 5.69 Å². The molecule has 3 aromatic rings. The number of nitrogens with one attached hydrogen (secondary N) is 1. The highest BCUT2D eigenvalue weighted by Gasteiger charge is 2.18. The van der Waals surface area contributed by atoms with Gasteiger partial charge in [0, 0.05) is 24.5 Å². The Balaban J connectivity index is 1.52. The molecule has 3 rings (SSSR count). The molecular formula is C23H25N3O2. The maximum absolute atomic E-state index is 12.3. The molecule has 1 amide bonds. The van der Waals surface area contributed by atoms with E-state index < -0.39 is 11.7 Å². The fraction of sp³-hybridized carbons (Fsp3) is 0.261. The lowest BCUT2D eigenvalue weighted by Crippen LogP contribution is -2.32. The van der Waals surface area contributed by atoms with Crippen LogP contribution in [0.2, 0.25) is 0 Å². The Hall–Kier alpha value is -3.21. The van der Waals surface area contributed by atoms with Crippen molar-refractivity contribution < 1.29 is 9.59 Å². The highest BCUT2D eigenvalue weighted by Crippen LogP contribution is 2.22. The van der Waals surface area contributed by atoms with Gasteiger partial charge in [0.15, 0.2) is 0 Å². The lowest BCUT2D eigenvalue weighted by molar-refractivity contribution is -0.116. The highest BCUT2D eigenvalue weighted by atomic mass is 16.2. The third-order valence-electron chi connectivity index (χ3n) is 4.62. The Morgan fingerprint density at radius 3 is 2.25 bits per heavy atom. The number of rotatable bonds is 6. The van der Waals surface area contributed by atoms with Crippen LogP contribution in [0.15, 0.2) is 67.0 Å². The minimum absolute atomic E-state index is 0.0107. The third kappa shape index (κ3) is 4.74. The number of nitrogens with zero attached hydrogens (tertiary/aromatic N) is 2. The van der Waals surface area contributed by atoms with E-state index >= 15 is 0 Å². The Kier molecular flexibility index (Phi) is 5.73. The van der Waals surface area contributed by atoms with E-state index in [1.54, 1.807) is 23.0 Å². The van der Waals surface area contributed by atoms with Gasteiger partial charge in [-0.05, 0) is 41.2 Å². The maximum atomic E-state index is 12.3. The van der Waals surface area contributed by atoms with Gasteiger partial charge in [0.2, 0.25) is 5.78 Å². The lowest BCUT2D eigenvalue weighted by atomic mass is 9.86. The van der Waals surface area contributed by atoms with Crippen LogP contribution in [0.4, 0.5) is 0 Å². The average molecular weight is 375 g/mol. The number of ketones is 1. The highest BCUT2D eigenvalue weighted by molar-refractivity contribution is 6.42. The molecule has 0 bridgehead atoms. The standard InChI is InChI=1S/C23H25N3O2/c1-23(2,3)19-9-7-18(8-10-19)21(27)22(28)24-15-13-17-5-11-20(12-6-17)26-16-4-14-25-26/h4-12,14,16H,13,15H2,1-3H3,(H,24,28). The minimum atomic E-state index is -0.573. The largest absolute Gasteiger partial charge is 0.349 e. The van der Waals surface area contributed by atoms with Crippen molar-refractivity contribution in [3.05, 3.63) is 83.7 Å². The van der Waals surface area contributed by atoms with Gasteiger partial charge in [-0.25, -0.2) is 4.68 Å². The van der Waals surface area contributed by atoms with Crippen molar-refractivity contribution in [3.8, 4) is 5.69 Å². The summed E-state index contributed by atoms with van der Waals surface area (Å²) in [5.74, 6) is -1.08. The zero-order chi connectivity index (χ0) is 20.1. The summed E-state index contributed by atoms with van der Waals surface area (Å²) in [6.07, 6.45) is 4.27. The van der Waals surface area contributed by atoms with Gasteiger partial charge in [0.25, 0.3) is 5.91 Å². The van der Waals surface area contributed by atoms with E-state index in [1.807, 2.05) is 48.7 Å². The maximum Gasteiger partial charge on any atom is 0.292 e. The van der Waals surface area contributed by atoms with Crippen LogP contribution >= 0.6 is 0 Å². The summed E-state index contributed by atoms with van der Waals surface area (Å²) >= 11 is 0. The van der Waals surface area contributed by atoms with E-state index in [4.69, 9.17) is 0 Å². The number of aromatic nitrogens is 2. The quantitative estimate of drug-likeness (QED) is 0.528. The summed E-state index contributed by atoms with van der Waals surface area (Å²) < 4.78 is 1.79. The molecular weight excluding hydrogens is 350 g/mol. The molecule has 0 spiro atoms. The summed E-state index contributed by atoms with van der Waals surface area (Å²) in [4.78, 5) is 24.5. The first-order valence-corrected chi connectivity index (χ1v) is 9.36. The van der Waals surface area contributed by atoms with Gasteiger partial charge in [-0.15, -0.1) is 0 Å². The molecule has 0 aliphatic rings. The van der Waals surface area contributed by atoms with Gasteiger partial charge in [0.05, 0.1) is 5.69 Å². The molecule has 1 N–H and O–H groups in total. The molecule has 0 radical (unpaired) electrons. The van der Waals surface area contributed by atoms with Crippen molar-refractivity contribution in [2.45, 2.75) is 32.6 Å². The molecule has 0 saturated heterocycles. The van der Waals surface area contributed by atoms with Crippen molar-refractivity contribution in [1.29, 1.82) is 0 Å². The molecule has 144 valence electrons. The number of carbonyl (C=O) groups excluding carboxylic acids is 2. The first-order valence-electron chi connectivity index (χ1n) is 9.36. The number of hydrogen-bond donors (Lipinski definition) is 1. The number of benzene rings is 2. The van der Waals surface area contributed by atoms with Gasteiger partial charge < -0.3 is 5.32 Å². The zero-order valence-electron chi connectivity index (χ0n) is 16.5. The zero-order valence-corrected chi connectivity index (χ0v) is 16.5.